The van der Waals surface area contributed by atoms with Crippen molar-refractivity contribution < 1.29 is 4.79 Å². The van der Waals surface area contributed by atoms with Crippen LogP contribution in [0.15, 0.2) is 0 Å². The monoisotopic (exact) mass is 232 g/mol. The van der Waals surface area contributed by atoms with Gasteiger partial charge in [-0.3, -0.25) is 4.79 Å². The number of rotatable bonds is 8. The topological polar surface area (TPSA) is 55.1 Å². The quantitative estimate of drug-likeness (QED) is 0.627. The number of unbranched alkanes of at least 4 members (excludes halogenated alkanes) is 3. The van der Waals surface area contributed by atoms with E-state index in [1.54, 1.807) is 13.8 Å². The van der Waals surface area contributed by atoms with Crippen molar-refractivity contribution in [2.75, 3.05) is 18.6 Å². The summed E-state index contributed by atoms with van der Waals surface area (Å²) in [7, 11) is 0. The zero-order valence-electron chi connectivity index (χ0n) is 10.1. The van der Waals surface area contributed by atoms with Crippen molar-refractivity contribution in [3.63, 3.8) is 0 Å². The van der Waals surface area contributed by atoms with Crippen LogP contribution in [0.25, 0.3) is 0 Å². The lowest BCUT2D eigenvalue weighted by Crippen LogP contribution is -2.49. The van der Waals surface area contributed by atoms with Gasteiger partial charge < -0.3 is 11.1 Å². The van der Waals surface area contributed by atoms with Crippen molar-refractivity contribution in [3.05, 3.63) is 0 Å². The van der Waals surface area contributed by atoms with Gasteiger partial charge >= 0.3 is 0 Å². The summed E-state index contributed by atoms with van der Waals surface area (Å²) in [6.07, 6.45) is 6.89. The van der Waals surface area contributed by atoms with Crippen molar-refractivity contribution >= 4 is 17.7 Å². The van der Waals surface area contributed by atoms with Crippen molar-refractivity contribution in [1.82, 2.24) is 5.32 Å². The van der Waals surface area contributed by atoms with Crippen LogP contribution in [0.2, 0.25) is 0 Å². The predicted octanol–water partition coefficient (Wildman–Crippen LogP) is 1.76. The Kier molecular flexibility index (Phi) is 7.88. The smallest absolute Gasteiger partial charge is 0.239 e. The van der Waals surface area contributed by atoms with Crippen LogP contribution >= 0.6 is 11.8 Å². The molecule has 0 aliphatic carbocycles. The molecule has 1 amide bonds. The molecule has 0 bridgehead atoms. The Morgan fingerprint density at radius 3 is 2.40 bits per heavy atom. The molecule has 0 aliphatic rings. The summed E-state index contributed by atoms with van der Waals surface area (Å²) in [5.41, 5.74) is 4.89. The third kappa shape index (κ3) is 8.75. The Balaban J connectivity index is 3.28. The standard InChI is InChI=1S/C11H24N2OS/c1-11(2,12)10(14)13-8-6-4-5-7-9-15-3/h4-9,12H2,1-3H3,(H,13,14). The number of amides is 1. The second-order valence-electron chi connectivity index (χ2n) is 4.38. The molecule has 0 saturated carbocycles. The molecule has 0 aromatic carbocycles. The van der Waals surface area contributed by atoms with Crippen LogP contribution in [-0.2, 0) is 4.79 Å². The molecule has 0 spiro atoms. The maximum Gasteiger partial charge on any atom is 0.239 e. The highest BCUT2D eigenvalue weighted by atomic mass is 32.2. The number of hydrogen-bond acceptors (Lipinski definition) is 3. The molecule has 0 saturated heterocycles. The molecule has 0 fully saturated rings. The molecule has 3 nitrogen and oxygen atoms in total. The molecular weight excluding hydrogens is 208 g/mol. The molecule has 0 aromatic rings. The van der Waals surface area contributed by atoms with Gasteiger partial charge in [-0.05, 0) is 38.7 Å². The Bertz CT molecular complexity index is 178. The maximum atomic E-state index is 11.4. The molecule has 0 atom stereocenters. The van der Waals surface area contributed by atoms with Gasteiger partial charge in [-0.1, -0.05) is 12.8 Å². The second-order valence-corrected chi connectivity index (χ2v) is 5.37. The van der Waals surface area contributed by atoms with E-state index >= 15 is 0 Å². The van der Waals surface area contributed by atoms with Crippen molar-refractivity contribution in [3.8, 4) is 0 Å². The van der Waals surface area contributed by atoms with Crippen LogP contribution in [0.5, 0.6) is 0 Å². The predicted molar refractivity (Wildman–Crippen MR) is 68.1 cm³/mol. The maximum absolute atomic E-state index is 11.4. The highest BCUT2D eigenvalue weighted by Crippen LogP contribution is 2.04. The molecule has 15 heavy (non-hydrogen) atoms. The molecule has 3 N–H and O–H groups in total. The van der Waals surface area contributed by atoms with Gasteiger partial charge in [0.05, 0.1) is 5.54 Å². The number of carbonyl (C=O) groups is 1. The molecule has 0 aliphatic heterocycles. The minimum atomic E-state index is -0.751. The Labute approximate surface area is 97.6 Å². The third-order valence-corrected chi connectivity index (χ3v) is 2.84. The summed E-state index contributed by atoms with van der Waals surface area (Å²) in [6.45, 7) is 4.19. The van der Waals surface area contributed by atoms with E-state index in [4.69, 9.17) is 5.73 Å². The fourth-order valence-corrected chi connectivity index (χ4v) is 1.65. The first-order chi connectivity index (χ1) is 6.98. The average Bonchev–Trinajstić information content (AvgIpc) is 2.14. The Morgan fingerprint density at radius 2 is 1.87 bits per heavy atom. The van der Waals surface area contributed by atoms with Crippen LogP contribution in [0, 0.1) is 0 Å². The largest absolute Gasteiger partial charge is 0.355 e. The van der Waals surface area contributed by atoms with E-state index in [-0.39, 0.29) is 5.91 Å². The summed E-state index contributed by atoms with van der Waals surface area (Å²) >= 11 is 1.89. The SMILES string of the molecule is CSCCCCCCNC(=O)C(C)(C)N. The first-order valence-corrected chi connectivity index (χ1v) is 6.94. The first-order valence-electron chi connectivity index (χ1n) is 5.54. The van der Waals surface area contributed by atoms with Gasteiger partial charge in [-0.25, -0.2) is 0 Å². The molecule has 4 heteroatoms. The number of nitrogens with two attached hydrogens (primary N) is 1. The Hall–Kier alpha value is -0.220. The van der Waals surface area contributed by atoms with E-state index in [9.17, 15) is 4.79 Å². The van der Waals surface area contributed by atoms with Crippen LogP contribution in [0.4, 0.5) is 0 Å². The van der Waals surface area contributed by atoms with Gasteiger partial charge in [-0.2, -0.15) is 11.8 Å². The summed E-state index contributed by atoms with van der Waals surface area (Å²) in [5, 5.41) is 2.84. The zero-order valence-corrected chi connectivity index (χ0v) is 11.0. The van der Waals surface area contributed by atoms with Gasteiger partial charge in [-0.15, -0.1) is 0 Å². The summed E-state index contributed by atoms with van der Waals surface area (Å²) < 4.78 is 0. The summed E-state index contributed by atoms with van der Waals surface area (Å²) in [4.78, 5) is 11.4. The molecule has 0 radical (unpaired) electrons. The minimum Gasteiger partial charge on any atom is -0.355 e. The summed E-state index contributed by atoms with van der Waals surface area (Å²) in [5.74, 6) is 1.17. The average molecular weight is 232 g/mol. The second kappa shape index (κ2) is 7.99. The van der Waals surface area contributed by atoms with Gasteiger partial charge in [0, 0.05) is 6.54 Å². The van der Waals surface area contributed by atoms with Gasteiger partial charge in [0.1, 0.15) is 0 Å². The zero-order chi connectivity index (χ0) is 11.7. The van der Waals surface area contributed by atoms with Crippen molar-refractivity contribution in [1.29, 1.82) is 0 Å². The lowest BCUT2D eigenvalue weighted by Gasteiger charge is -2.17. The highest BCUT2D eigenvalue weighted by molar-refractivity contribution is 7.98. The molecule has 0 rings (SSSR count). The van der Waals surface area contributed by atoms with E-state index in [0.717, 1.165) is 13.0 Å². The fourth-order valence-electron chi connectivity index (χ4n) is 1.15. The third-order valence-electron chi connectivity index (χ3n) is 2.15. The van der Waals surface area contributed by atoms with Crippen LogP contribution < -0.4 is 11.1 Å². The normalized spacial score (nSPS) is 11.5. The van der Waals surface area contributed by atoms with Gasteiger partial charge in [0.15, 0.2) is 0 Å². The van der Waals surface area contributed by atoms with Gasteiger partial charge in [0.25, 0.3) is 0 Å². The van der Waals surface area contributed by atoms with Gasteiger partial charge in [0.2, 0.25) is 5.91 Å². The molecule has 0 aromatic heterocycles. The number of nitrogens with one attached hydrogen (secondary N) is 1. The molecular formula is C11H24N2OS. The van der Waals surface area contributed by atoms with Crippen LogP contribution in [0.1, 0.15) is 39.5 Å². The fraction of sp³-hybridized carbons (Fsp3) is 0.909. The highest BCUT2D eigenvalue weighted by Gasteiger charge is 2.20. The molecule has 90 valence electrons. The van der Waals surface area contributed by atoms with E-state index in [1.807, 2.05) is 11.8 Å². The molecule has 0 heterocycles. The van der Waals surface area contributed by atoms with Crippen LogP contribution in [-0.4, -0.2) is 30.0 Å². The van der Waals surface area contributed by atoms with E-state index < -0.39 is 5.54 Å². The van der Waals surface area contributed by atoms with E-state index in [1.165, 1.54) is 25.0 Å². The first kappa shape index (κ1) is 14.8. The van der Waals surface area contributed by atoms with E-state index in [0.29, 0.717) is 0 Å². The molecule has 0 unspecified atom stereocenters. The Morgan fingerprint density at radius 1 is 1.27 bits per heavy atom. The van der Waals surface area contributed by atoms with E-state index in [2.05, 4.69) is 11.6 Å². The number of thioether (sulfide) groups is 1. The van der Waals surface area contributed by atoms with Crippen molar-refractivity contribution in [2.45, 2.75) is 45.1 Å². The van der Waals surface area contributed by atoms with Crippen LogP contribution in [0.3, 0.4) is 0 Å². The van der Waals surface area contributed by atoms with Crippen molar-refractivity contribution in [2.24, 2.45) is 5.73 Å². The lowest BCUT2D eigenvalue weighted by molar-refractivity contribution is -0.125. The summed E-state index contributed by atoms with van der Waals surface area (Å²) in [6, 6.07) is 0. The minimum absolute atomic E-state index is 0.0633. The number of hydrogen-bond donors (Lipinski definition) is 2. The lowest BCUT2D eigenvalue weighted by atomic mass is 10.1. The number of carbonyl (C=O) groups excluding carboxylic acids is 1.